The summed E-state index contributed by atoms with van der Waals surface area (Å²) in [5, 5.41) is 20.6. The fraction of sp³-hybridized carbons (Fsp3) is 0.632. The molecule has 7 heteroatoms. The van der Waals surface area contributed by atoms with Gasteiger partial charge in [-0.2, -0.15) is 5.26 Å². The number of hydrogen-bond acceptors (Lipinski definition) is 6. The number of morpholine rings is 1. The molecule has 4 rings (SSSR count). The Kier molecular flexibility index (Phi) is 3.67. The van der Waals surface area contributed by atoms with E-state index in [4.69, 9.17) is 10.5 Å². The van der Waals surface area contributed by atoms with Crippen LogP contribution in [0.1, 0.15) is 45.1 Å². The zero-order valence-electron chi connectivity index (χ0n) is 15.2. The van der Waals surface area contributed by atoms with Crippen LogP contribution >= 0.6 is 0 Å². The topological polar surface area (TPSA) is 105 Å². The van der Waals surface area contributed by atoms with Gasteiger partial charge in [0.1, 0.15) is 17.3 Å². The van der Waals surface area contributed by atoms with E-state index in [-0.39, 0.29) is 28.1 Å². The Morgan fingerprint density at radius 1 is 1.38 bits per heavy atom. The first-order chi connectivity index (χ1) is 12.2. The Labute approximate surface area is 152 Å². The molecule has 1 aromatic carbocycles. The smallest absolute Gasteiger partial charge is 0.309 e. The second-order valence-corrected chi connectivity index (χ2v) is 8.66. The monoisotopic (exact) mass is 356 g/mol. The summed E-state index contributed by atoms with van der Waals surface area (Å²) in [6.45, 7) is 5.59. The number of rotatable bonds is 2. The van der Waals surface area contributed by atoms with Gasteiger partial charge in [-0.3, -0.25) is 10.1 Å². The molecule has 138 valence electrons. The molecule has 0 amide bonds. The van der Waals surface area contributed by atoms with Crippen LogP contribution in [-0.2, 0) is 4.74 Å². The summed E-state index contributed by atoms with van der Waals surface area (Å²) in [4.78, 5) is 12.8. The van der Waals surface area contributed by atoms with Gasteiger partial charge >= 0.3 is 5.69 Å². The lowest BCUT2D eigenvalue weighted by Crippen LogP contribution is -2.61. The van der Waals surface area contributed by atoms with Gasteiger partial charge in [-0.1, -0.05) is 0 Å². The first kappa shape index (κ1) is 17.1. The summed E-state index contributed by atoms with van der Waals surface area (Å²) in [6.07, 6.45) is 4.81. The summed E-state index contributed by atoms with van der Waals surface area (Å²) in [7, 11) is 0. The molecule has 3 atom stereocenters. The van der Waals surface area contributed by atoms with Crippen LogP contribution in [0, 0.1) is 33.3 Å². The number of ether oxygens (including phenoxy) is 1. The Morgan fingerprint density at radius 3 is 2.73 bits per heavy atom. The lowest BCUT2D eigenvalue weighted by Gasteiger charge is -2.53. The van der Waals surface area contributed by atoms with Gasteiger partial charge in [0.15, 0.2) is 0 Å². The summed E-state index contributed by atoms with van der Waals surface area (Å²) in [6, 6.07) is 5.15. The average Bonchev–Trinajstić information content (AvgIpc) is 3.12. The third-order valence-electron chi connectivity index (χ3n) is 6.22. The van der Waals surface area contributed by atoms with Gasteiger partial charge in [0.05, 0.1) is 16.1 Å². The summed E-state index contributed by atoms with van der Waals surface area (Å²) >= 11 is 0. The lowest BCUT2D eigenvalue weighted by molar-refractivity contribution is -0.384. The minimum Gasteiger partial charge on any atom is -0.393 e. The number of nitro groups is 1. The minimum absolute atomic E-state index is 0.0105. The standard InChI is InChI=1S/C19H24N4O3/c1-18(2)10-22(11-19(26-18)8-12-3-4-14(19)5-12)15-6-13(9-20)17(23(24)25)16(21)7-15/h6-7,12,14H,3-5,8,10-11,21H2,1-2H3/t12-,14+,19+/m1/s1. The number of benzene rings is 1. The van der Waals surface area contributed by atoms with Crippen molar-refractivity contribution in [3.8, 4) is 6.07 Å². The first-order valence-corrected chi connectivity index (χ1v) is 9.16. The van der Waals surface area contributed by atoms with Crippen LogP contribution in [0.25, 0.3) is 0 Å². The molecule has 0 unspecified atom stereocenters. The van der Waals surface area contributed by atoms with Crippen LogP contribution in [0.3, 0.4) is 0 Å². The van der Waals surface area contributed by atoms with Gasteiger partial charge < -0.3 is 15.4 Å². The second-order valence-electron chi connectivity index (χ2n) is 8.66. The van der Waals surface area contributed by atoms with Crippen LogP contribution in [0.2, 0.25) is 0 Å². The van der Waals surface area contributed by atoms with Crippen molar-refractivity contribution in [3.05, 3.63) is 27.8 Å². The minimum atomic E-state index is -0.585. The van der Waals surface area contributed by atoms with E-state index in [1.807, 2.05) is 6.07 Å². The normalized spacial score (nSPS) is 32.0. The maximum atomic E-state index is 11.2. The van der Waals surface area contributed by atoms with E-state index in [0.29, 0.717) is 12.5 Å². The molecule has 2 saturated carbocycles. The molecule has 2 N–H and O–H groups in total. The van der Waals surface area contributed by atoms with Crippen LogP contribution < -0.4 is 10.6 Å². The van der Waals surface area contributed by atoms with Gasteiger partial charge in [-0.25, -0.2) is 0 Å². The zero-order valence-corrected chi connectivity index (χ0v) is 15.2. The molecule has 1 aliphatic heterocycles. The summed E-state index contributed by atoms with van der Waals surface area (Å²) in [5.74, 6) is 1.31. The molecule has 0 radical (unpaired) electrons. The lowest BCUT2D eigenvalue weighted by atomic mass is 9.81. The van der Waals surface area contributed by atoms with Gasteiger partial charge in [-0.05, 0) is 63.5 Å². The molecule has 1 aromatic rings. The zero-order chi connectivity index (χ0) is 18.7. The van der Waals surface area contributed by atoms with E-state index < -0.39 is 4.92 Å². The maximum Gasteiger partial charge on any atom is 0.309 e. The van der Waals surface area contributed by atoms with Crippen LogP contribution in [0.4, 0.5) is 17.1 Å². The van der Waals surface area contributed by atoms with Crippen molar-refractivity contribution in [2.75, 3.05) is 23.7 Å². The highest BCUT2D eigenvalue weighted by Gasteiger charge is 2.56. The van der Waals surface area contributed by atoms with Crippen LogP contribution in [-0.4, -0.2) is 29.2 Å². The number of nitrogens with two attached hydrogens (primary N) is 1. The SMILES string of the molecule is CC1(C)CN(c2cc(N)c([N+](=O)[O-])c(C#N)c2)C[C@]2(C[C@@H]3CC[C@H]2C3)O1. The predicted molar refractivity (Wildman–Crippen MR) is 97.8 cm³/mol. The number of nitriles is 1. The molecule has 1 saturated heterocycles. The molecule has 1 spiro atoms. The number of nitrogens with zero attached hydrogens (tertiary/aromatic N) is 3. The first-order valence-electron chi connectivity index (χ1n) is 9.16. The molecule has 0 aromatic heterocycles. The van der Waals surface area contributed by atoms with Gasteiger partial charge in [0.25, 0.3) is 0 Å². The van der Waals surface area contributed by atoms with Crippen molar-refractivity contribution in [1.29, 1.82) is 5.26 Å². The number of hydrogen-bond donors (Lipinski definition) is 1. The van der Waals surface area contributed by atoms with E-state index in [0.717, 1.165) is 24.6 Å². The van der Waals surface area contributed by atoms with Crippen LogP contribution in [0.5, 0.6) is 0 Å². The molecule has 26 heavy (non-hydrogen) atoms. The Hall–Kier alpha value is -2.33. The molecule has 2 aliphatic carbocycles. The Balaban J connectivity index is 1.72. The largest absolute Gasteiger partial charge is 0.393 e. The van der Waals surface area contributed by atoms with Gasteiger partial charge in [0, 0.05) is 18.8 Å². The number of fused-ring (bicyclic) bond motifs is 3. The van der Waals surface area contributed by atoms with Crippen molar-refractivity contribution < 1.29 is 9.66 Å². The van der Waals surface area contributed by atoms with Crippen molar-refractivity contribution in [1.82, 2.24) is 0 Å². The Morgan fingerprint density at radius 2 is 2.15 bits per heavy atom. The predicted octanol–water partition coefficient (Wildman–Crippen LogP) is 3.22. The quantitative estimate of drug-likeness (QED) is 0.495. The Bertz CT molecular complexity index is 816. The van der Waals surface area contributed by atoms with Crippen molar-refractivity contribution in [3.63, 3.8) is 0 Å². The third kappa shape index (κ3) is 2.60. The third-order valence-corrected chi connectivity index (χ3v) is 6.22. The highest BCUT2D eigenvalue weighted by Crippen LogP contribution is 2.55. The molecular formula is C19H24N4O3. The van der Waals surface area contributed by atoms with E-state index in [1.165, 1.54) is 19.3 Å². The fourth-order valence-corrected chi connectivity index (χ4v) is 5.46. The van der Waals surface area contributed by atoms with E-state index in [9.17, 15) is 15.4 Å². The van der Waals surface area contributed by atoms with E-state index in [2.05, 4.69) is 18.7 Å². The summed E-state index contributed by atoms with van der Waals surface area (Å²) < 4.78 is 6.61. The number of nitro benzene ring substituents is 1. The average molecular weight is 356 g/mol. The van der Waals surface area contributed by atoms with Crippen LogP contribution in [0.15, 0.2) is 12.1 Å². The van der Waals surface area contributed by atoms with Crippen molar-refractivity contribution >= 4 is 17.1 Å². The number of anilines is 2. The highest BCUT2D eigenvalue weighted by molar-refractivity contribution is 5.73. The molecule has 3 fully saturated rings. The molecule has 7 nitrogen and oxygen atoms in total. The van der Waals surface area contributed by atoms with Crippen molar-refractivity contribution in [2.24, 2.45) is 11.8 Å². The van der Waals surface area contributed by atoms with E-state index in [1.54, 1.807) is 12.1 Å². The molecule has 3 aliphatic rings. The number of nitrogen functional groups attached to an aromatic ring is 1. The second kappa shape index (κ2) is 5.58. The molecular weight excluding hydrogens is 332 g/mol. The van der Waals surface area contributed by atoms with Crippen molar-refractivity contribution in [2.45, 2.75) is 50.7 Å². The van der Waals surface area contributed by atoms with Gasteiger partial charge in [-0.15, -0.1) is 0 Å². The highest BCUT2D eigenvalue weighted by atomic mass is 16.6. The van der Waals surface area contributed by atoms with Gasteiger partial charge in [0.2, 0.25) is 0 Å². The van der Waals surface area contributed by atoms with E-state index >= 15 is 0 Å². The molecule has 1 heterocycles. The fourth-order valence-electron chi connectivity index (χ4n) is 5.46. The molecule has 2 bridgehead atoms. The maximum absolute atomic E-state index is 11.2. The summed E-state index contributed by atoms with van der Waals surface area (Å²) in [5.41, 5.74) is 5.95.